The largest absolute Gasteiger partial charge is 0.419 e. The van der Waals surface area contributed by atoms with Crippen LogP contribution in [0.3, 0.4) is 0 Å². The summed E-state index contributed by atoms with van der Waals surface area (Å²) in [6, 6.07) is 12.4. The lowest BCUT2D eigenvalue weighted by Crippen LogP contribution is -2.17. The van der Waals surface area contributed by atoms with E-state index in [1.165, 1.54) is 36.1 Å². The average molecular weight is 406 g/mol. The molecule has 5 rings (SSSR count). The van der Waals surface area contributed by atoms with Crippen molar-refractivity contribution in [2.45, 2.75) is 38.8 Å². The third-order valence-corrected chi connectivity index (χ3v) is 6.41. The quantitative estimate of drug-likeness (QED) is 0.473. The number of thiophene rings is 1. The highest BCUT2D eigenvalue weighted by Crippen LogP contribution is 2.35. The van der Waals surface area contributed by atoms with Gasteiger partial charge in [0.2, 0.25) is 5.89 Å². The van der Waals surface area contributed by atoms with Gasteiger partial charge in [0.1, 0.15) is 0 Å². The molecule has 1 aliphatic carbocycles. The number of fused-ring (bicyclic) bond motifs is 1. The highest BCUT2D eigenvalue weighted by molar-refractivity contribution is 7.15. The summed E-state index contributed by atoms with van der Waals surface area (Å²) in [5, 5.41) is 13.0. The zero-order valence-corrected chi connectivity index (χ0v) is 17.2. The Morgan fingerprint density at radius 2 is 1.97 bits per heavy atom. The Kier molecular flexibility index (Phi) is 4.99. The molecule has 29 heavy (non-hydrogen) atoms. The first-order chi connectivity index (χ1) is 14.2. The second-order valence-electron chi connectivity index (χ2n) is 7.57. The van der Waals surface area contributed by atoms with Crippen LogP contribution in [0.2, 0.25) is 0 Å². The third kappa shape index (κ3) is 4.02. The van der Waals surface area contributed by atoms with Gasteiger partial charge in [-0.1, -0.05) is 18.2 Å². The maximum atomic E-state index is 5.96. The van der Waals surface area contributed by atoms with Gasteiger partial charge in [0.15, 0.2) is 0 Å². The molecule has 3 heterocycles. The summed E-state index contributed by atoms with van der Waals surface area (Å²) in [6.45, 7) is 1.37. The molecule has 6 nitrogen and oxygen atoms in total. The van der Waals surface area contributed by atoms with Gasteiger partial charge in [0, 0.05) is 23.2 Å². The lowest BCUT2D eigenvalue weighted by molar-refractivity contribution is 0.283. The third-order valence-electron chi connectivity index (χ3n) is 5.19. The molecular weight excluding hydrogens is 382 g/mol. The molecule has 0 atom stereocenters. The second-order valence-corrected chi connectivity index (χ2v) is 8.70. The SMILES string of the molecule is CN(Cc1cnn(-c2ccccc2)c1)Cc1nnc(-c2cc3c(s2)CCCC3)o1. The molecule has 0 N–H and O–H groups in total. The van der Waals surface area contributed by atoms with Gasteiger partial charge < -0.3 is 4.42 Å². The van der Waals surface area contributed by atoms with Gasteiger partial charge in [-0.2, -0.15) is 5.10 Å². The van der Waals surface area contributed by atoms with E-state index in [1.54, 1.807) is 11.3 Å². The molecule has 0 unspecified atom stereocenters. The molecule has 0 fully saturated rings. The Labute approximate surface area is 173 Å². The van der Waals surface area contributed by atoms with Crippen LogP contribution in [0, 0.1) is 0 Å². The van der Waals surface area contributed by atoms with E-state index in [4.69, 9.17) is 4.42 Å². The molecule has 0 saturated carbocycles. The van der Waals surface area contributed by atoms with Gasteiger partial charge in [0.05, 0.1) is 23.3 Å². The van der Waals surface area contributed by atoms with Crippen LogP contribution in [0.25, 0.3) is 16.5 Å². The number of aryl methyl sites for hydroxylation is 2. The molecule has 148 valence electrons. The molecule has 0 aliphatic heterocycles. The van der Waals surface area contributed by atoms with Crippen molar-refractivity contribution >= 4 is 11.3 Å². The minimum absolute atomic E-state index is 0.606. The zero-order valence-electron chi connectivity index (χ0n) is 16.4. The number of rotatable bonds is 6. The molecule has 0 saturated heterocycles. The molecule has 1 aliphatic rings. The van der Waals surface area contributed by atoms with E-state index < -0.39 is 0 Å². The Morgan fingerprint density at radius 3 is 2.83 bits per heavy atom. The van der Waals surface area contributed by atoms with Crippen LogP contribution < -0.4 is 0 Å². The lowest BCUT2D eigenvalue weighted by atomic mass is 9.99. The molecule has 3 aromatic heterocycles. The van der Waals surface area contributed by atoms with Crippen molar-refractivity contribution in [1.82, 2.24) is 24.9 Å². The summed E-state index contributed by atoms with van der Waals surface area (Å²) < 4.78 is 7.85. The van der Waals surface area contributed by atoms with E-state index in [9.17, 15) is 0 Å². The van der Waals surface area contributed by atoms with Gasteiger partial charge in [0.25, 0.3) is 5.89 Å². The first-order valence-corrected chi connectivity index (χ1v) is 10.8. The molecule has 7 heteroatoms. The van der Waals surface area contributed by atoms with Crippen LogP contribution in [-0.4, -0.2) is 31.9 Å². The number of hydrogen-bond donors (Lipinski definition) is 0. The van der Waals surface area contributed by atoms with E-state index in [0.717, 1.165) is 22.7 Å². The van der Waals surface area contributed by atoms with Crippen molar-refractivity contribution in [2.75, 3.05) is 7.05 Å². The second kappa shape index (κ2) is 7.93. The Balaban J connectivity index is 1.23. The average Bonchev–Trinajstić information content (AvgIpc) is 3.47. The normalized spacial score (nSPS) is 13.7. The Morgan fingerprint density at radius 1 is 1.10 bits per heavy atom. The van der Waals surface area contributed by atoms with E-state index in [1.807, 2.05) is 48.3 Å². The van der Waals surface area contributed by atoms with Gasteiger partial charge in [-0.15, -0.1) is 21.5 Å². The standard InChI is InChI=1S/C22H23N5OS/c1-26(13-16-12-23-27(14-16)18-8-3-2-4-9-18)15-21-24-25-22(28-21)20-11-17-7-5-6-10-19(17)29-20/h2-4,8-9,11-12,14H,5-7,10,13,15H2,1H3. The van der Waals surface area contributed by atoms with Crippen molar-refractivity contribution in [3.8, 4) is 16.5 Å². The zero-order chi connectivity index (χ0) is 19.6. The predicted molar refractivity (Wildman–Crippen MR) is 113 cm³/mol. The van der Waals surface area contributed by atoms with E-state index in [0.29, 0.717) is 18.3 Å². The van der Waals surface area contributed by atoms with Crippen LogP contribution >= 0.6 is 11.3 Å². The molecule has 0 spiro atoms. The molecule has 0 radical (unpaired) electrons. The van der Waals surface area contributed by atoms with Crippen LogP contribution in [0.15, 0.2) is 53.2 Å². The minimum atomic E-state index is 0.606. The van der Waals surface area contributed by atoms with Crippen LogP contribution in [-0.2, 0) is 25.9 Å². The summed E-state index contributed by atoms with van der Waals surface area (Å²) in [6.07, 6.45) is 8.88. The summed E-state index contributed by atoms with van der Waals surface area (Å²) in [7, 11) is 2.05. The highest BCUT2D eigenvalue weighted by Gasteiger charge is 2.18. The van der Waals surface area contributed by atoms with Crippen molar-refractivity contribution in [3.63, 3.8) is 0 Å². The van der Waals surface area contributed by atoms with Crippen molar-refractivity contribution in [2.24, 2.45) is 0 Å². The van der Waals surface area contributed by atoms with Gasteiger partial charge in [-0.25, -0.2) is 4.68 Å². The predicted octanol–water partition coefficient (Wildman–Crippen LogP) is 4.49. The summed E-state index contributed by atoms with van der Waals surface area (Å²) in [4.78, 5) is 4.74. The minimum Gasteiger partial charge on any atom is -0.419 e. The van der Waals surface area contributed by atoms with Gasteiger partial charge in [-0.05, 0) is 56.5 Å². The fourth-order valence-electron chi connectivity index (χ4n) is 3.78. The summed E-state index contributed by atoms with van der Waals surface area (Å²) in [5.74, 6) is 1.29. The topological polar surface area (TPSA) is 60.0 Å². The Hall–Kier alpha value is -2.77. The summed E-state index contributed by atoms with van der Waals surface area (Å²) in [5.41, 5.74) is 3.66. The fraction of sp³-hybridized carbons (Fsp3) is 0.318. The van der Waals surface area contributed by atoms with Crippen molar-refractivity contribution < 1.29 is 4.42 Å². The molecule has 4 aromatic rings. The first-order valence-electron chi connectivity index (χ1n) is 9.96. The van der Waals surface area contributed by atoms with E-state index in [2.05, 4.69) is 32.5 Å². The smallest absolute Gasteiger partial charge is 0.257 e. The lowest BCUT2D eigenvalue weighted by Gasteiger charge is -2.12. The van der Waals surface area contributed by atoms with E-state index in [-0.39, 0.29) is 0 Å². The van der Waals surface area contributed by atoms with Crippen LogP contribution in [0.5, 0.6) is 0 Å². The number of hydrogen-bond acceptors (Lipinski definition) is 6. The van der Waals surface area contributed by atoms with Gasteiger partial charge in [-0.3, -0.25) is 4.90 Å². The number of para-hydroxylation sites is 1. The number of aromatic nitrogens is 4. The first kappa shape index (κ1) is 18.3. The van der Waals surface area contributed by atoms with Crippen molar-refractivity contribution in [3.05, 3.63) is 70.7 Å². The molecular formula is C22H23N5OS. The molecule has 0 bridgehead atoms. The van der Waals surface area contributed by atoms with E-state index >= 15 is 0 Å². The summed E-state index contributed by atoms with van der Waals surface area (Å²) >= 11 is 1.80. The maximum Gasteiger partial charge on any atom is 0.257 e. The fourth-order valence-corrected chi connectivity index (χ4v) is 4.95. The molecule has 1 aromatic carbocycles. The number of benzene rings is 1. The van der Waals surface area contributed by atoms with Crippen LogP contribution in [0.4, 0.5) is 0 Å². The van der Waals surface area contributed by atoms with Gasteiger partial charge >= 0.3 is 0 Å². The van der Waals surface area contributed by atoms with Crippen LogP contribution in [0.1, 0.15) is 34.7 Å². The highest BCUT2D eigenvalue weighted by atomic mass is 32.1. The Bertz CT molecular complexity index is 1070. The number of nitrogens with zero attached hydrogens (tertiary/aromatic N) is 5. The maximum absolute atomic E-state index is 5.96. The monoisotopic (exact) mass is 405 g/mol. The van der Waals surface area contributed by atoms with Crippen molar-refractivity contribution in [1.29, 1.82) is 0 Å². The molecule has 0 amide bonds.